The third-order valence-electron chi connectivity index (χ3n) is 3.22. The Bertz CT molecular complexity index is 332. The summed E-state index contributed by atoms with van der Waals surface area (Å²) in [6, 6.07) is -1.26. The molecule has 0 saturated heterocycles. The molecule has 6 heteroatoms. The number of amides is 2. The maximum Gasteiger partial charge on any atom is 0.326 e. The molecule has 1 atom stereocenters. The second kappa shape index (κ2) is 6.23. The van der Waals surface area contributed by atoms with Crippen molar-refractivity contribution in [2.75, 3.05) is 6.61 Å². The Kier molecular flexibility index (Phi) is 5.17. The number of carbonyl (C=O) groups is 2. The van der Waals surface area contributed by atoms with Crippen LogP contribution in [0.5, 0.6) is 0 Å². The van der Waals surface area contributed by atoms with Gasteiger partial charge in [0, 0.05) is 12.6 Å². The zero-order valence-electron chi connectivity index (χ0n) is 12.0. The average Bonchev–Trinajstić information content (AvgIpc) is 2.21. The van der Waals surface area contributed by atoms with Crippen LogP contribution in [0.4, 0.5) is 4.79 Å². The molecule has 0 aliphatic heterocycles. The van der Waals surface area contributed by atoms with Crippen molar-refractivity contribution in [3.63, 3.8) is 0 Å². The molecule has 0 unspecified atom stereocenters. The van der Waals surface area contributed by atoms with E-state index >= 15 is 0 Å². The highest BCUT2D eigenvalue weighted by Crippen LogP contribution is 2.23. The Labute approximate surface area is 113 Å². The van der Waals surface area contributed by atoms with Gasteiger partial charge in [-0.25, -0.2) is 9.59 Å². The van der Waals surface area contributed by atoms with Gasteiger partial charge in [-0.15, -0.1) is 0 Å². The van der Waals surface area contributed by atoms with E-state index in [0.717, 1.165) is 12.8 Å². The second-order valence-electron chi connectivity index (χ2n) is 6.00. The lowest BCUT2D eigenvalue weighted by Crippen LogP contribution is -2.56. The fourth-order valence-corrected chi connectivity index (χ4v) is 2.06. The molecule has 1 saturated carbocycles. The van der Waals surface area contributed by atoms with E-state index in [2.05, 4.69) is 10.6 Å². The van der Waals surface area contributed by atoms with Crippen LogP contribution in [0.2, 0.25) is 0 Å². The van der Waals surface area contributed by atoms with E-state index in [0.29, 0.717) is 6.61 Å². The molecule has 2 amide bonds. The van der Waals surface area contributed by atoms with Gasteiger partial charge in [-0.1, -0.05) is 20.8 Å². The average molecular weight is 272 g/mol. The summed E-state index contributed by atoms with van der Waals surface area (Å²) in [7, 11) is 0. The monoisotopic (exact) mass is 272 g/mol. The number of hydrogen-bond donors (Lipinski definition) is 3. The van der Waals surface area contributed by atoms with Crippen molar-refractivity contribution in [3.8, 4) is 0 Å². The molecule has 6 nitrogen and oxygen atoms in total. The van der Waals surface area contributed by atoms with Crippen LogP contribution >= 0.6 is 0 Å². The minimum absolute atomic E-state index is 0.0750. The Morgan fingerprint density at radius 3 is 2.37 bits per heavy atom. The van der Waals surface area contributed by atoms with Crippen LogP contribution in [0.1, 0.15) is 40.5 Å². The number of hydrogen-bond acceptors (Lipinski definition) is 3. The topological polar surface area (TPSA) is 87.7 Å². The highest BCUT2D eigenvalue weighted by molar-refractivity contribution is 5.83. The van der Waals surface area contributed by atoms with Gasteiger partial charge in [0.15, 0.2) is 0 Å². The van der Waals surface area contributed by atoms with Crippen LogP contribution in [-0.4, -0.2) is 41.9 Å². The van der Waals surface area contributed by atoms with E-state index in [1.165, 1.54) is 0 Å². The van der Waals surface area contributed by atoms with Crippen molar-refractivity contribution in [1.82, 2.24) is 10.6 Å². The first kappa shape index (κ1) is 15.8. The van der Waals surface area contributed by atoms with Gasteiger partial charge < -0.3 is 20.5 Å². The lowest BCUT2D eigenvalue weighted by molar-refractivity contribution is -0.141. The van der Waals surface area contributed by atoms with Crippen LogP contribution in [0.25, 0.3) is 0 Å². The van der Waals surface area contributed by atoms with Crippen LogP contribution in [0.15, 0.2) is 0 Å². The smallest absolute Gasteiger partial charge is 0.326 e. The predicted octanol–water partition coefficient (Wildman–Crippen LogP) is 1.35. The molecule has 0 spiro atoms. The number of ether oxygens (including phenoxy) is 1. The summed E-state index contributed by atoms with van der Waals surface area (Å²) in [5.41, 5.74) is -0.531. The zero-order chi connectivity index (χ0) is 14.6. The molecule has 0 aromatic carbocycles. The number of carboxylic acids is 1. The Balaban J connectivity index is 2.37. The third-order valence-corrected chi connectivity index (χ3v) is 3.22. The Morgan fingerprint density at radius 2 is 1.95 bits per heavy atom. The van der Waals surface area contributed by atoms with E-state index in [1.54, 1.807) is 20.8 Å². The molecule has 0 bridgehead atoms. The standard InChI is InChI=1S/C13H24N2O4/c1-5-19-9-6-8(7-9)14-12(18)15-10(11(16)17)13(2,3)4/h8-10H,5-7H2,1-4H3,(H,16,17)(H2,14,15,18)/t8?,9?,10-/m1/s1. The van der Waals surface area contributed by atoms with Gasteiger partial charge in [-0.05, 0) is 25.2 Å². The number of aliphatic carboxylic acids is 1. The molecule has 110 valence electrons. The number of carboxylic acid groups (broad SMARTS) is 1. The number of rotatable bonds is 5. The van der Waals surface area contributed by atoms with Crippen LogP contribution in [-0.2, 0) is 9.53 Å². The Hall–Kier alpha value is -1.30. The highest BCUT2D eigenvalue weighted by Gasteiger charge is 2.35. The fraction of sp³-hybridized carbons (Fsp3) is 0.846. The van der Waals surface area contributed by atoms with Crippen molar-refractivity contribution >= 4 is 12.0 Å². The van der Waals surface area contributed by atoms with Crippen molar-refractivity contribution < 1.29 is 19.4 Å². The number of urea groups is 1. The van der Waals surface area contributed by atoms with Crippen LogP contribution < -0.4 is 10.6 Å². The van der Waals surface area contributed by atoms with Gasteiger partial charge in [-0.2, -0.15) is 0 Å². The van der Waals surface area contributed by atoms with E-state index < -0.39 is 23.5 Å². The molecule has 0 heterocycles. The summed E-state index contributed by atoms with van der Waals surface area (Å²) in [6.45, 7) is 7.95. The molecular weight excluding hydrogens is 248 g/mol. The fourth-order valence-electron chi connectivity index (χ4n) is 2.06. The molecule has 1 fully saturated rings. The van der Waals surface area contributed by atoms with Gasteiger partial charge in [0.2, 0.25) is 0 Å². The van der Waals surface area contributed by atoms with Crippen molar-refractivity contribution in [1.29, 1.82) is 0 Å². The van der Waals surface area contributed by atoms with Crippen molar-refractivity contribution in [2.45, 2.75) is 58.7 Å². The van der Waals surface area contributed by atoms with Crippen LogP contribution in [0.3, 0.4) is 0 Å². The van der Waals surface area contributed by atoms with E-state index in [-0.39, 0.29) is 12.1 Å². The van der Waals surface area contributed by atoms with Gasteiger partial charge in [0.25, 0.3) is 0 Å². The lowest BCUT2D eigenvalue weighted by atomic mass is 9.86. The van der Waals surface area contributed by atoms with Gasteiger partial charge in [0.1, 0.15) is 6.04 Å². The van der Waals surface area contributed by atoms with E-state index in [4.69, 9.17) is 9.84 Å². The van der Waals surface area contributed by atoms with Gasteiger partial charge >= 0.3 is 12.0 Å². The first-order valence-corrected chi connectivity index (χ1v) is 6.65. The SMILES string of the molecule is CCOC1CC(NC(=O)N[C@H](C(=O)O)C(C)(C)C)C1. The summed E-state index contributed by atoms with van der Waals surface area (Å²) >= 11 is 0. The summed E-state index contributed by atoms with van der Waals surface area (Å²) in [6.07, 6.45) is 1.79. The molecular formula is C13H24N2O4. The van der Waals surface area contributed by atoms with Crippen molar-refractivity contribution in [2.24, 2.45) is 5.41 Å². The minimum Gasteiger partial charge on any atom is -0.480 e. The van der Waals surface area contributed by atoms with E-state index in [9.17, 15) is 9.59 Å². The van der Waals surface area contributed by atoms with Crippen LogP contribution in [0, 0.1) is 5.41 Å². The van der Waals surface area contributed by atoms with Crippen molar-refractivity contribution in [3.05, 3.63) is 0 Å². The molecule has 0 aromatic rings. The first-order chi connectivity index (χ1) is 8.74. The quantitative estimate of drug-likeness (QED) is 0.705. The lowest BCUT2D eigenvalue weighted by Gasteiger charge is -2.36. The molecule has 19 heavy (non-hydrogen) atoms. The summed E-state index contributed by atoms with van der Waals surface area (Å²) in [4.78, 5) is 22.9. The first-order valence-electron chi connectivity index (χ1n) is 6.65. The third kappa shape index (κ3) is 4.70. The zero-order valence-corrected chi connectivity index (χ0v) is 12.0. The summed E-state index contributed by atoms with van der Waals surface area (Å²) in [5.74, 6) is -1.02. The maximum absolute atomic E-state index is 11.7. The predicted molar refractivity (Wildman–Crippen MR) is 71.0 cm³/mol. The second-order valence-corrected chi connectivity index (χ2v) is 6.00. The van der Waals surface area contributed by atoms with E-state index in [1.807, 2.05) is 6.92 Å². The molecule has 1 aliphatic rings. The molecule has 3 N–H and O–H groups in total. The van der Waals surface area contributed by atoms with Gasteiger partial charge in [-0.3, -0.25) is 0 Å². The largest absolute Gasteiger partial charge is 0.480 e. The normalized spacial score (nSPS) is 24.2. The number of nitrogens with one attached hydrogen (secondary N) is 2. The van der Waals surface area contributed by atoms with Gasteiger partial charge in [0.05, 0.1) is 6.10 Å². The maximum atomic E-state index is 11.7. The summed E-state index contributed by atoms with van der Waals surface area (Å²) in [5, 5.41) is 14.4. The summed E-state index contributed by atoms with van der Waals surface area (Å²) < 4.78 is 5.40. The highest BCUT2D eigenvalue weighted by atomic mass is 16.5. The number of carbonyl (C=O) groups excluding carboxylic acids is 1. The minimum atomic E-state index is -1.02. The molecule has 0 aromatic heterocycles. The molecule has 1 rings (SSSR count). The molecule has 1 aliphatic carbocycles. The Morgan fingerprint density at radius 1 is 1.37 bits per heavy atom. The molecule has 0 radical (unpaired) electrons.